The van der Waals surface area contributed by atoms with Gasteiger partial charge in [0.15, 0.2) is 0 Å². The number of ether oxygens (including phenoxy) is 1. The topological polar surface area (TPSA) is 87.2 Å². The number of carbonyl (C=O) groups excluding carboxylic acids is 2. The fourth-order valence-electron chi connectivity index (χ4n) is 4.49. The minimum absolute atomic E-state index is 0.0125. The molecule has 176 valence electrons. The van der Waals surface area contributed by atoms with Gasteiger partial charge in [0.05, 0.1) is 12.0 Å². The van der Waals surface area contributed by atoms with Crippen molar-refractivity contribution in [2.24, 2.45) is 0 Å². The molecule has 0 unspecified atom stereocenters. The van der Waals surface area contributed by atoms with Gasteiger partial charge < -0.3 is 9.64 Å². The number of hydrogen-bond donors (Lipinski definition) is 0. The van der Waals surface area contributed by atoms with Crippen LogP contribution in [0.3, 0.4) is 0 Å². The quantitative estimate of drug-likeness (QED) is 0.641. The van der Waals surface area contributed by atoms with Gasteiger partial charge in [0.1, 0.15) is 11.8 Å². The number of sulfonamides is 1. The van der Waals surface area contributed by atoms with Gasteiger partial charge in [-0.05, 0) is 42.7 Å². The van der Waals surface area contributed by atoms with Crippen molar-refractivity contribution in [1.29, 1.82) is 0 Å². The highest BCUT2D eigenvalue weighted by atomic mass is 32.2. The van der Waals surface area contributed by atoms with Crippen LogP contribution in [0.1, 0.15) is 24.0 Å². The second-order valence-electron chi connectivity index (χ2n) is 8.47. The number of carbonyl (C=O) groups is 2. The average molecular weight is 472 g/mol. The fourth-order valence-corrected chi connectivity index (χ4v) is 6.17. The Labute approximate surface area is 194 Å². The van der Waals surface area contributed by atoms with E-state index in [1.165, 1.54) is 24.8 Å². The fraction of sp³-hybridized carbons (Fsp3) is 0.417. The van der Waals surface area contributed by atoms with Crippen LogP contribution in [0.15, 0.2) is 53.4 Å². The molecular formula is C24H29N3O5S. The summed E-state index contributed by atoms with van der Waals surface area (Å²) in [6.07, 6.45) is 0.245. The summed E-state index contributed by atoms with van der Waals surface area (Å²) in [6, 6.07) is 13.6. The van der Waals surface area contributed by atoms with Crippen LogP contribution in [0, 0.1) is 6.92 Å². The van der Waals surface area contributed by atoms with E-state index >= 15 is 0 Å². The van der Waals surface area contributed by atoms with Crippen molar-refractivity contribution in [3.63, 3.8) is 0 Å². The summed E-state index contributed by atoms with van der Waals surface area (Å²) in [4.78, 5) is 29.8. The Morgan fingerprint density at radius 2 is 1.76 bits per heavy atom. The number of methoxy groups -OCH3 is 1. The summed E-state index contributed by atoms with van der Waals surface area (Å²) in [5.41, 5.74) is 1.85. The summed E-state index contributed by atoms with van der Waals surface area (Å²) >= 11 is 0. The van der Waals surface area contributed by atoms with Crippen molar-refractivity contribution < 1.29 is 22.7 Å². The highest BCUT2D eigenvalue weighted by Crippen LogP contribution is 2.31. The Bertz CT molecular complexity index is 1130. The second-order valence-corrected chi connectivity index (χ2v) is 10.3. The van der Waals surface area contributed by atoms with E-state index in [4.69, 9.17) is 4.74 Å². The number of amides is 2. The SMILES string of the molecule is COc1ccc(S(=O)(=O)N2C(=O)CC[C@H]2C(=O)N2CCN(Cc3ccccc3)CC2)cc1C. The molecule has 9 heteroatoms. The monoisotopic (exact) mass is 471 g/mol. The van der Waals surface area contributed by atoms with Crippen molar-refractivity contribution >= 4 is 21.8 Å². The molecule has 0 N–H and O–H groups in total. The minimum atomic E-state index is -4.15. The van der Waals surface area contributed by atoms with Gasteiger partial charge in [-0.2, -0.15) is 0 Å². The van der Waals surface area contributed by atoms with Gasteiger partial charge in [0.25, 0.3) is 10.0 Å². The molecule has 2 saturated heterocycles. The molecule has 0 bridgehead atoms. The van der Waals surface area contributed by atoms with Crippen LogP contribution in [0.25, 0.3) is 0 Å². The highest BCUT2D eigenvalue weighted by Gasteiger charge is 2.46. The van der Waals surface area contributed by atoms with Gasteiger partial charge in [-0.15, -0.1) is 0 Å². The van der Waals surface area contributed by atoms with Crippen molar-refractivity contribution in [2.75, 3.05) is 33.3 Å². The Kier molecular flexibility index (Phi) is 6.71. The van der Waals surface area contributed by atoms with Crippen LogP contribution in [0.4, 0.5) is 0 Å². The largest absolute Gasteiger partial charge is 0.496 e. The summed E-state index contributed by atoms with van der Waals surface area (Å²) in [5.74, 6) is -0.277. The van der Waals surface area contributed by atoms with Crippen LogP contribution in [-0.4, -0.2) is 73.7 Å². The number of piperazine rings is 1. The first-order valence-electron chi connectivity index (χ1n) is 11.1. The van der Waals surface area contributed by atoms with E-state index in [0.29, 0.717) is 37.5 Å². The molecule has 0 spiro atoms. The molecule has 2 amide bonds. The second kappa shape index (κ2) is 9.52. The molecule has 0 aliphatic carbocycles. The zero-order chi connectivity index (χ0) is 23.6. The van der Waals surface area contributed by atoms with Crippen LogP contribution >= 0.6 is 0 Å². The van der Waals surface area contributed by atoms with Crippen molar-refractivity contribution in [3.05, 3.63) is 59.7 Å². The number of rotatable bonds is 6. The molecule has 0 radical (unpaired) electrons. The summed E-state index contributed by atoms with van der Waals surface area (Å²) in [5, 5.41) is 0. The van der Waals surface area contributed by atoms with Gasteiger partial charge >= 0.3 is 0 Å². The third-order valence-corrected chi connectivity index (χ3v) is 8.13. The lowest BCUT2D eigenvalue weighted by molar-refractivity contribution is -0.139. The molecule has 8 nitrogen and oxygen atoms in total. The third-order valence-electron chi connectivity index (χ3n) is 6.30. The van der Waals surface area contributed by atoms with Gasteiger partial charge in [-0.25, -0.2) is 12.7 Å². The molecule has 2 heterocycles. The Balaban J connectivity index is 1.46. The number of benzene rings is 2. The van der Waals surface area contributed by atoms with Gasteiger partial charge in [-0.1, -0.05) is 30.3 Å². The lowest BCUT2D eigenvalue weighted by Gasteiger charge is -2.37. The van der Waals surface area contributed by atoms with E-state index in [0.717, 1.165) is 10.8 Å². The molecule has 2 aliphatic heterocycles. The summed E-state index contributed by atoms with van der Waals surface area (Å²) in [6.45, 7) is 4.96. The van der Waals surface area contributed by atoms with Crippen LogP contribution in [0.5, 0.6) is 5.75 Å². The van der Waals surface area contributed by atoms with Crippen molar-refractivity contribution in [1.82, 2.24) is 14.1 Å². The van der Waals surface area contributed by atoms with Crippen molar-refractivity contribution in [2.45, 2.75) is 37.2 Å². The van der Waals surface area contributed by atoms with E-state index in [9.17, 15) is 18.0 Å². The minimum Gasteiger partial charge on any atom is -0.496 e. The zero-order valence-corrected chi connectivity index (χ0v) is 19.8. The summed E-state index contributed by atoms with van der Waals surface area (Å²) in [7, 11) is -2.64. The van der Waals surface area contributed by atoms with Crippen molar-refractivity contribution in [3.8, 4) is 5.75 Å². The molecule has 2 aromatic rings. The average Bonchev–Trinajstić information content (AvgIpc) is 3.22. The standard InChI is InChI=1S/C24H29N3O5S/c1-18-16-20(8-10-22(18)32-2)33(30,31)27-21(9-11-23(27)28)24(29)26-14-12-25(13-15-26)17-19-6-4-3-5-7-19/h3-8,10,16,21H,9,11-15,17H2,1-2H3/t21-/m0/s1. The molecule has 2 aliphatic rings. The predicted octanol–water partition coefficient (Wildman–Crippen LogP) is 2.03. The first-order chi connectivity index (χ1) is 15.8. The van der Waals surface area contributed by atoms with Gasteiger partial charge in [0.2, 0.25) is 11.8 Å². The Morgan fingerprint density at radius 3 is 2.39 bits per heavy atom. The maximum Gasteiger partial charge on any atom is 0.267 e. The van der Waals surface area contributed by atoms with E-state index in [-0.39, 0.29) is 23.6 Å². The molecular weight excluding hydrogens is 442 g/mol. The van der Waals surface area contributed by atoms with Crippen LogP contribution in [0.2, 0.25) is 0 Å². The van der Waals surface area contributed by atoms with E-state index in [1.54, 1.807) is 17.9 Å². The molecule has 33 heavy (non-hydrogen) atoms. The van der Waals surface area contributed by atoms with Crippen LogP contribution in [-0.2, 0) is 26.2 Å². The molecule has 0 aromatic heterocycles. The lowest BCUT2D eigenvalue weighted by Crippen LogP contribution is -2.54. The number of nitrogens with zero attached hydrogens (tertiary/aromatic N) is 3. The predicted molar refractivity (Wildman–Crippen MR) is 123 cm³/mol. The van der Waals surface area contributed by atoms with E-state index < -0.39 is 22.0 Å². The first kappa shape index (κ1) is 23.3. The molecule has 0 saturated carbocycles. The molecule has 1 atom stereocenters. The Hall–Kier alpha value is -2.91. The van der Waals surface area contributed by atoms with E-state index in [1.807, 2.05) is 18.2 Å². The highest BCUT2D eigenvalue weighted by molar-refractivity contribution is 7.89. The smallest absolute Gasteiger partial charge is 0.267 e. The van der Waals surface area contributed by atoms with Gasteiger partial charge in [-0.3, -0.25) is 14.5 Å². The first-order valence-corrected chi connectivity index (χ1v) is 12.5. The molecule has 2 fully saturated rings. The maximum absolute atomic E-state index is 13.3. The normalized spacial score (nSPS) is 19.7. The zero-order valence-electron chi connectivity index (χ0n) is 18.9. The van der Waals surface area contributed by atoms with Crippen LogP contribution < -0.4 is 4.74 Å². The number of hydrogen-bond acceptors (Lipinski definition) is 6. The Morgan fingerprint density at radius 1 is 1.06 bits per heavy atom. The summed E-state index contributed by atoms with van der Waals surface area (Å²) < 4.78 is 32.7. The molecule has 4 rings (SSSR count). The number of aryl methyl sites for hydroxylation is 1. The van der Waals surface area contributed by atoms with Gasteiger partial charge in [0, 0.05) is 39.1 Å². The maximum atomic E-state index is 13.3. The molecule has 2 aromatic carbocycles. The van der Waals surface area contributed by atoms with E-state index in [2.05, 4.69) is 17.0 Å². The third kappa shape index (κ3) is 4.74. The lowest BCUT2D eigenvalue weighted by atomic mass is 10.1.